The Labute approximate surface area is 100 Å². The number of rotatable bonds is 5. The molecule has 0 saturated carbocycles. The molecule has 17 heavy (non-hydrogen) atoms. The minimum absolute atomic E-state index is 0.413. The Hall–Kier alpha value is -1.46. The Morgan fingerprint density at radius 3 is 3.06 bits per heavy atom. The maximum atomic E-state index is 10.7. The summed E-state index contributed by atoms with van der Waals surface area (Å²) in [7, 11) is 0. The normalized spacial score (nSPS) is 16.7. The lowest BCUT2D eigenvalue weighted by molar-refractivity contribution is 0.0319. The monoisotopic (exact) mass is 236 g/mol. The second kappa shape index (κ2) is 6.32. The van der Waals surface area contributed by atoms with Gasteiger partial charge in [0.2, 0.25) is 5.88 Å². The summed E-state index contributed by atoms with van der Waals surface area (Å²) in [5.41, 5.74) is 0.495. The van der Waals surface area contributed by atoms with E-state index in [-0.39, 0.29) is 0 Å². The van der Waals surface area contributed by atoms with Crippen molar-refractivity contribution in [2.45, 2.75) is 0 Å². The molecule has 2 rings (SSSR count). The van der Waals surface area contributed by atoms with E-state index in [4.69, 9.17) is 9.47 Å². The van der Waals surface area contributed by atoms with Crippen LogP contribution >= 0.6 is 0 Å². The van der Waals surface area contributed by atoms with Gasteiger partial charge in [0.1, 0.15) is 6.61 Å². The minimum Gasteiger partial charge on any atom is -0.476 e. The fourth-order valence-corrected chi connectivity index (χ4v) is 1.71. The highest BCUT2D eigenvalue weighted by atomic mass is 16.5. The zero-order chi connectivity index (χ0) is 11.9. The number of hydrogen-bond donors (Lipinski definition) is 0. The Morgan fingerprint density at radius 2 is 2.29 bits per heavy atom. The lowest BCUT2D eigenvalue weighted by Gasteiger charge is -2.26. The van der Waals surface area contributed by atoms with Crippen LogP contribution in [0.5, 0.6) is 5.88 Å². The predicted octanol–water partition coefficient (Wildman–Crippen LogP) is 0.605. The molecule has 0 radical (unpaired) electrons. The van der Waals surface area contributed by atoms with Gasteiger partial charge in [-0.3, -0.25) is 9.69 Å². The molecule has 0 amide bonds. The highest BCUT2D eigenvalue weighted by Gasteiger charge is 2.10. The van der Waals surface area contributed by atoms with Gasteiger partial charge in [-0.25, -0.2) is 4.98 Å². The van der Waals surface area contributed by atoms with Gasteiger partial charge in [0.05, 0.1) is 18.8 Å². The first kappa shape index (κ1) is 12.0. The second-order valence-electron chi connectivity index (χ2n) is 3.82. The third kappa shape index (κ3) is 3.51. The van der Waals surface area contributed by atoms with Crippen molar-refractivity contribution in [2.75, 3.05) is 39.5 Å². The predicted molar refractivity (Wildman–Crippen MR) is 62.4 cm³/mol. The summed E-state index contributed by atoms with van der Waals surface area (Å²) in [6.07, 6.45) is 2.38. The molecule has 5 heteroatoms. The van der Waals surface area contributed by atoms with Crippen LogP contribution in [0.2, 0.25) is 0 Å². The van der Waals surface area contributed by atoms with Gasteiger partial charge in [0, 0.05) is 25.8 Å². The quantitative estimate of drug-likeness (QED) is 0.701. The molecule has 92 valence electrons. The molecule has 5 nitrogen and oxygen atoms in total. The van der Waals surface area contributed by atoms with Crippen LogP contribution in [-0.4, -0.2) is 55.6 Å². The molecule has 0 unspecified atom stereocenters. The Bertz CT molecular complexity index is 365. The maximum Gasteiger partial charge on any atom is 0.224 e. The molecule has 0 bridgehead atoms. The first-order valence-electron chi connectivity index (χ1n) is 5.73. The molecule has 1 aliphatic heterocycles. The number of carbonyl (C=O) groups excluding carboxylic acids is 1. The fraction of sp³-hybridized carbons (Fsp3) is 0.500. The Morgan fingerprint density at radius 1 is 1.47 bits per heavy atom. The Kier molecular flexibility index (Phi) is 4.46. The summed E-state index contributed by atoms with van der Waals surface area (Å²) < 4.78 is 10.8. The van der Waals surface area contributed by atoms with Crippen molar-refractivity contribution in [3.63, 3.8) is 0 Å². The standard InChI is InChI=1S/C12H16N2O3/c15-10-11-2-1-3-13-12(11)17-9-6-14-4-7-16-8-5-14/h1-3,10H,4-9H2. The largest absolute Gasteiger partial charge is 0.476 e. The van der Waals surface area contributed by atoms with Gasteiger partial charge in [-0.1, -0.05) is 0 Å². The molecule has 0 aromatic carbocycles. The van der Waals surface area contributed by atoms with Crippen LogP contribution in [0.4, 0.5) is 0 Å². The average Bonchev–Trinajstić information content (AvgIpc) is 2.40. The van der Waals surface area contributed by atoms with Crippen molar-refractivity contribution in [3.05, 3.63) is 23.9 Å². The van der Waals surface area contributed by atoms with E-state index in [2.05, 4.69) is 9.88 Å². The van der Waals surface area contributed by atoms with E-state index in [9.17, 15) is 4.79 Å². The number of aldehydes is 1. The number of morpholine rings is 1. The van der Waals surface area contributed by atoms with Crippen molar-refractivity contribution >= 4 is 6.29 Å². The number of nitrogens with zero attached hydrogens (tertiary/aromatic N) is 2. The van der Waals surface area contributed by atoms with Gasteiger partial charge >= 0.3 is 0 Å². The van der Waals surface area contributed by atoms with E-state index < -0.39 is 0 Å². The molecular weight excluding hydrogens is 220 g/mol. The minimum atomic E-state index is 0.413. The third-order valence-corrected chi connectivity index (χ3v) is 2.68. The van der Waals surface area contributed by atoms with Gasteiger partial charge < -0.3 is 9.47 Å². The van der Waals surface area contributed by atoms with Gasteiger partial charge in [-0.15, -0.1) is 0 Å². The molecule has 0 atom stereocenters. The van der Waals surface area contributed by atoms with Gasteiger partial charge in [-0.05, 0) is 12.1 Å². The maximum absolute atomic E-state index is 10.7. The van der Waals surface area contributed by atoms with E-state index in [1.54, 1.807) is 18.3 Å². The zero-order valence-corrected chi connectivity index (χ0v) is 9.67. The van der Waals surface area contributed by atoms with Crippen molar-refractivity contribution in [3.8, 4) is 5.88 Å². The molecule has 1 aromatic rings. The first-order chi connectivity index (χ1) is 8.40. The smallest absolute Gasteiger partial charge is 0.224 e. The van der Waals surface area contributed by atoms with E-state index in [1.165, 1.54) is 0 Å². The number of aromatic nitrogens is 1. The zero-order valence-electron chi connectivity index (χ0n) is 9.67. The van der Waals surface area contributed by atoms with E-state index in [0.717, 1.165) is 39.1 Å². The first-order valence-corrected chi connectivity index (χ1v) is 5.73. The van der Waals surface area contributed by atoms with Gasteiger partial charge in [0.25, 0.3) is 0 Å². The summed E-state index contributed by atoms with van der Waals surface area (Å²) in [6.45, 7) is 4.81. The van der Waals surface area contributed by atoms with Crippen molar-refractivity contribution in [2.24, 2.45) is 0 Å². The SMILES string of the molecule is O=Cc1cccnc1OCCN1CCOCC1. The Balaban J connectivity index is 1.79. The third-order valence-electron chi connectivity index (χ3n) is 2.68. The number of pyridine rings is 1. The van der Waals surface area contributed by atoms with Gasteiger partial charge in [0.15, 0.2) is 6.29 Å². The van der Waals surface area contributed by atoms with Crippen LogP contribution in [0.25, 0.3) is 0 Å². The highest BCUT2D eigenvalue weighted by Crippen LogP contribution is 2.11. The molecule has 0 aliphatic carbocycles. The van der Waals surface area contributed by atoms with Crippen molar-refractivity contribution in [1.82, 2.24) is 9.88 Å². The summed E-state index contributed by atoms with van der Waals surface area (Å²) in [5, 5.41) is 0. The van der Waals surface area contributed by atoms with Crippen LogP contribution < -0.4 is 4.74 Å². The number of ether oxygens (including phenoxy) is 2. The molecular formula is C12H16N2O3. The van der Waals surface area contributed by atoms with Crippen molar-refractivity contribution < 1.29 is 14.3 Å². The summed E-state index contributed by atoms with van der Waals surface area (Å²) >= 11 is 0. The molecule has 1 saturated heterocycles. The molecule has 0 N–H and O–H groups in total. The van der Waals surface area contributed by atoms with Gasteiger partial charge in [-0.2, -0.15) is 0 Å². The molecule has 0 spiro atoms. The van der Waals surface area contributed by atoms with Crippen LogP contribution in [0.1, 0.15) is 10.4 Å². The molecule has 2 heterocycles. The van der Waals surface area contributed by atoms with Crippen LogP contribution in [0.15, 0.2) is 18.3 Å². The van der Waals surface area contributed by atoms with E-state index in [1.807, 2.05) is 0 Å². The molecule has 1 aromatic heterocycles. The van der Waals surface area contributed by atoms with Crippen LogP contribution in [-0.2, 0) is 4.74 Å². The number of carbonyl (C=O) groups is 1. The second-order valence-corrected chi connectivity index (χ2v) is 3.82. The topological polar surface area (TPSA) is 51.7 Å². The fourth-order valence-electron chi connectivity index (χ4n) is 1.71. The lowest BCUT2D eigenvalue weighted by atomic mass is 10.3. The summed E-state index contributed by atoms with van der Waals surface area (Å²) in [6, 6.07) is 3.42. The summed E-state index contributed by atoms with van der Waals surface area (Å²) in [4.78, 5) is 17.1. The van der Waals surface area contributed by atoms with Crippen molar-refractivity contribution in [1.29, 1.82) is 0 Å². The highest BCUT2D eigenvalue weighted by molar-refractivity contribution is 5.77. The lowest BCUT2D eigenvalue weighted by Crippen LogP contribution is -2.38. The van der Waals surface area contributed by atoms with Crippen LogP contribution in [0, 0.1) is 0 Å². The van der Waals surface area contributed by atoms with E-state index in [0.29, 0.717) is 18.1 Å². The molecule has 1 fully saturated rings. The number of hydrogen-bond acceptors (Lipinski definition) is 5. The van der Waals surface area contributed by atoms with Crippen LogP contribution in [0.3, 0.4) is 0 Å². The van der Waals surface area contributed by atoms with E-state index >= 15 is 0 Å². The summed E-state index contributed by atoms with van der Waals surface area (Å²) in [5.74, 6) is 0.413. The average molecular weight is 236 g/mol. The molecule has 1 aliphatic rings.